The zero-order valence-corrected chi connectivity index (χ0v) is 8.90. The molecule has 0 atom stereocenters. The van der Waals surface area contributed by atoms with Crippen molar-refractivity contribution in [2.24, 2.45) is 5.84 Å². The molecule has 0 bridgehead atoms. The first-order valence-corrected chi connectivity index (χ1v) is 5.08. The first-order chi connectivity index (χ1) is 6.70. The highest BCUT2D eigenvalue weighted by molar-refractivity contribution is 6.37. The number of nitrogens with one attached hydrogen (secondary N) is 1. The molecule has 1 fully saturated rings. The molecule has 76 valence electrons. The largest absolute Gasteiger partial charge is 0.489 e. The van der Waals surface area contributed by atoms with E-state index in [1.807, 2.05) is 0 Å². The van der Waals surface area contributed by atoms with E-state index in [9.17, 15) is 0 Å². The maximum absolute atomic E-state index is 5.95. The van der Waals surface area contributed by atoms with Gasteiger partial charge < -0.3 is 10.2 Å². The third-order valence-electron chi connectivity index (χ3n) is 2.00. The third kappa shape index (κ3) is 2.05. The van der Waals surface area contributed by atoms with Crippen molar-refractivity contribution in [3.05, 3.63) is 22.2 Å². The lowest BCUT2D eigenvalue weighted by Crippen LogP contribution is -2.08. The number of rotatable bonds is 3. The van der Waals surface area contributed by atoms with E-state index in [0.717, 1.165) is 12.8 Å². The van der Waals surface area contributed by atoms with Crippen LogP contribution in [0.15, 0.2) is 12.1 Å². The number of halogens is 2. The van der Waals surface area contributed by atoms with E-state index in [2.05, 4.69) is 5.43 Å². The summed E-state index contributed by atoms with van der Waals surface area (Å²) in [4.78, 5) is 0. The summed E-state index contributed by atoms with van der Waals surface area (Å²) in [5.41, 5.74) is 3.10. The van der Waals surface area contributed by atoms with Crippen LogP contribution in [0, 0.1) is 0 Å². The fourth-order valence-corrected chi connectivity index (χ4v) is 1.58. The van der Waals surface area contributed by atoms with Gasteiger partial charge in [-0.25, -0.2) is 0 Å². The van der Waals surface area contributed by atoms with Crippen LogP contribution >= 0.6 is 23.2 Å². The van der Waals surface area contributed by atoms with Gasteiger partial charge in [-0.15, -0.1) is 0 Å². The van der Waals surface area contributed by atoms with Crippen molar-refractivity contribution in [2.45, 2.75) is 18.9 Å². The number of anilines is 1. The second kappa shape index (κ2) is 3.85. The quantitative estimate of drug-likeness (QED) is 0.623. The van der Waals surface area contributed by atoms with Gasteiger partial charge in [0.25, 0.3) is 0 Å². The Balaban J connectivity index is 2.27. The second-order valence-corrected chi connectivity index (χ2v) is 4.04. The van der Waals surface area contributed by atoms with Gasteiger partial charge in [0, 0.05) is 6.07 Å². The molecule has 2 rings (SSSR count). The second-order valence-electron chi connectivity index (χ2n) is 3.22. The molecule has 1 aliphatic carbocycles. The average molecular weight is 233 g/mol. The molecule has 1 aliphatic rings. The number of ether oxygens (including phenoxy) is 1. The molecule has 0 radical (unpaired) electrons. The van der Waals surface area contributed by atoms with Crippen LogP contribution in [0.5, 0.6) is 5.75 Å². The van der Waals surface area contributed by atoms with Crippen LogP contribution in [0.2, 0.25) is 10.0 Å². The zero-order chi connectivity index (χ0) is 10.1. The van der Waals surface area contributed by atoms with Gasteiger partial charge >= 0.3 is 0 Å². The molecule has 14 heavy (non-hydrogen) atoms. The standard InChI is InChI=1S/C9H10Cl2N2O/c10-6-3-7(11)9(4-8(6)13-12)14-5-1-2-5/h3-5,13H,1-2,12H2. The van der Waals surface area contributed by atoms with Crippen molar-refractivity contribution in [3.63, 3.8) is 0 Å². The first kappa shape index (κ1) is 9.90. The van der Waals surface area contributed by atoms with Crippen LogP contribution in [-0.4, -0.2) is 6.10 Å². The molecule has 3 nitrogen and oxygen atoms in total. The van der Waals surface area contributed by atoms with Crippen molar-refractivity contribution in [3.8, 4) is 5.75 Å². The number of nitrogen functional groups attached to an aromatic ring is 1. The third-order valence-corrected chi connectivity index (χ3v) is 2.60. The molecule has 0 aliphatic heterocycles. The van der Waals surface area contributed by atoms with Crippen LogP contribution in [-0.2, 0) is 0 Å². The van der Waals surface area contributed by atoms with Crippen LogP contribution in [0.1, 0.15) is 12.8 Å². The van der Waals surface area contributed by atoms with Crippen LogP contribution < -0.4 is 16.0 Å². The predicted molar refractivity (Wildman–Crippen MR) is 57.9 cm³/mol. The zero-order valence-electron chi connectivity index (χ0n) is 7.39. The normalized spacial score (nSPS) is 15.4. The molecule has 0 spiro atoms. The number of hydrogen-bond acceptors (Lipinski definition) is 3. The highest BCUT2D eigenvalue weighted by Crippen LogP contribution is 2.37. The molecule has 0 aromatic heterocycles. The number of hydrogen-bond donors (Lipinski definition) is 2. The Kier molecular flexibility index (Phi) is 2.72. The minimum absolute atomic E-state index is 0.305. The molecular weight excluding hydrogens is 223 g/mol. The van der Waals surface area contributed by atoms with Gasteiger partial charge in [-0.1, -0.05) is 23.2 Å². The van der Waals surface area contributed by atoms with E-state index in [0.29, 0.717) is 27.6 Å². The van der Waals surface area contributed by atoms with E-state index in [4.69, 9.17) is 33.8 Å². The van der Waals surface area contributed by atoms with E-state index < -0.39 is 0 Å². The van der Waals surface area contributed by atoms with Crippen molar-refractivity contribution in [1.82, 2.24) is 0 Å². The number of nitrogens with two attached hydrogens (primary N) is 1. The van der Waals surface area contributed by atoms with Gasteiger partial charge in [0.1, 0.15) is 5.75 Å². The van der Waals surface area contributed by atoms with Crippen molar-refractivity contribution in [2.75, 3.05) is 5.43 Å². The molecule has 1 aromatic carbocycles. The monoisotopic (exact) mass is 232 g/mol. The van der Waals surface area contributed by atoms with Crippen LogP contribution in [0.3, 0.4) is 0 Å². The van der Waals surface area contributed by atoms with E-state index in [1.165, 1.54) is 0 Å². The Morgan fingerprint density at radius 2 is 2.00 bits per heavy atom. The summed E-state index contributed by atoms with van der Waals surface area (Å²) in [6.45, 7) is 0. The minimum Gasteiger partial charge on any atom is -0.489 e. The van der Waals surface area contributed by atoms with Gasteiger partial charge in [0.05, 0.1) is 21.8 Å². The van der Waals surface area contributed by atoms with Gasteiger partial charge in [-0.05, 0) is 18.9 Å². The lowest BCUT2D eigenvalue weighted by Gasteiger charge is -2.10. The van der Waals surface area contributed by atoms with Crippen LogP contribution in [0.25, 0.3) is 0 Å². The molecule has 3 N–H and O–H groups in total. The van der Waals surface area contributed by atoms with E-state index >= 15 is 0 Å². The number of hydrazine groups is 1. The maximum atomic E-state index is 5.95. The summed E-state index contributed by atoms with van der Waals surface area (Å²) in [6, 6.07) is 3.33. The van der Waals surface area contributed by atoms with Crippen molar-refractivity contribution in [1.29, 1.82) is 0 Å². The fourth-order valence-electron chi connectivity index (χ4n) is 1.10. The summed E-state index contributed by atoms with van der Waals surface area (Å²) < 4.78 is 5.57. The molecule has 0 saturated heterocycles. The Morgan fingerprint density at radius 1 is 1.29 bits per heavy atom. The Bertz CT molecular complexity index is 353. The molecule has 5 heteroatoms. The summed E-state index contributed by atoms with van der Waals surface area (Å²) in [7, 11) is 0. The predicted octanol–water partition coefficient (Wildman–Crippen LogP) is 2.82. The Hall–Kier alpha value is -0.640. The smallest absolute Gasteiger partial charge is 0.140 e. The van der Waals surface area contributed by atoms with Gasteiger partial charge in [-0.2, -0.15) is 0 Å². The summed E-state index contributed by atoms with van der Waals surface area (Å²) in [5, 5.41) is 1.00. The fraction of sp³-hybridized carbons (Fsp3) is 0.333. The van der Waals surface area contributed by atoms with E-state index in [1.54, 1.807) is 12.1 Å². The first-order valence-electron chi connectivity index (χ1n) is 4.33. The lowest BCUT2D eigenvalue weighted by atomic mass is 10.3. The molecule has 0 heterocycles. The Morgan fingerprint density at radius 3 is 2.57 bits per heavy atom. The van der Waals surface area contributed by atoms with E-state index in [-0.39, 0.29) is 0 Å². The molecule has 1 saturated carbocycles. The molecule has 0 unspecified atom stereocenters. The lowest BCUT2D eigenvalue weighted by molar-refractivity contribution is 0.303. The molecule has 1 aromatic rings. The molecular formula is C9H10Cl2N2O. The Labute approximate surface area is 92.1 Å². The van der Waals surface area contributed by atoms with Crippen molar-refractivity contribution >= 4 is 28.9 Å². The summed E-state index contributed by atoms with van der Waals surface area (Å²) >= 11 is 11.8. The summed E-state index contributed by atoms with van der Waals surface area (Å²) in [6.07, 6.45) is 2.48. The number of benzene rings is 1. The minimum atomic E-state index is 0.305. The molecule has 0 amide bonds. The average Bonchev–Trinajstić information content (AvgIpc) is 2.93. The maximum Gasteiger partial charge on any atom is 0.140 e. The van der Waals surface area contributed by atoms with Gasteiger partial charge in [0.15, 0.2) is 0 Å². The topological polar surface area (TPSA) is 47.3 Å². The highest BCUT2D eigenvalue weighted by Gasteiger charge is 2.24. The van der Waals surface area contributed by atoms with Crippen LogP contribution in [0.4, 0.5) is 5.69 Å². The van der Waals surface area contributed by atoms with Gasteiger partial charge in [-0.3, -0.25) is 5.84 Å². The summed E-state index contributed by atoms with van der Waals surface area (Å²) in [5.74, 6) is 5.91. The van der Waals surface area contributed by atoms with Crippen molar-refractivity contribution < 1.29 is 4.74 Å². The SMILES string of the molecule is NNc1cc(OC2CC2)c(Cl)cc1Cl. The van der Waals surface area contributed by atoms with Gasteiger partial charge in [0.2, 0.25) is 0 Å². The highest BCUT2D eigenvalue weighted by atomic mass is 35.5.